The number of hydrogen-bond donors (Lipinski definition) is 2. The first-order chi connectivity index (χ1) is 15.1. The normalized spacial score (nSPS) is 14.1. The smallest absolute Gasteiger partial charge is 0.230 e. The summed E-state index contributed by atoms with van der Waals surface area (Å²) in [5.74, 6) is 2.74. The first-order valence-electron chi connectivity index (χ1n) is 10.3. The van der Waals surface area contributed by atoms with E-state index in [4.69, 9.17) is 9.47 Å². The van der Waals surface area contributed by atoms with E-state index in [1.54, 1.807) is 14.2 Å². The minimum absolute atomic E-state index is 0.555. The van der Waals surface area contributed by atoms with Gasteiger partial charge >= 0.3 is 0 Å². The summed E-state index contributed by atoms with van der Waals surface area (Å²) < 4.78 is 10.7. The number of aromatic nitrogens is 2. The number of nitrogens with zero attached hydrogens (tertiary/aromatic N) is 4. The van der Waals surface area contributed by atoms with E-state index in [2.05, 4.69) is 55.6 Å². The van der Waals surface area contributed by atoms with Gasteiger partial charge in [0.15, 0.2) is 11.5 Å². The van der Waals surface area contributed by atoms with Crippen LogP contribution in [0.25, 0.3) is 10.9 Å². The summed E-state index contributed by atoms with van der Waals surface area (Å²) in [6, 6.07) is 12.2. The number of methoxy groups -OCH3 is 2. The lowest BCUT2D eigenvalue weighted by Gasteiger charge is -2.27. The topological polar surface area (TPSA) is 83.9 Å². The van der Waals surface area contributed by atoms with Crippen molar-refractivity contribution in [3.05, 3.63) is 53.2 Å². The third-order valence-electron chi connectivity index (χ3n) is 5.34. The van der Waals surface area contributed by atoms with Crippen LogP contribution in [0, 0.1) is 13.8 Å². The van der Waals surface area contributed by atoms with E-state index >= 15 is 0 Å². The highest BCUT2D eigenvalue weighted by molar-refractivity contribution is 5.93. The monoisotopic (exact) mass is 420 g/mol. The number of aliphatic imine (C=N–C) groups is 1. The van der Waals surface area contributed by atoms with Gasteiger partial charge in [0.2, 0.25) is 11.9 Å². The number of fused-ring (bicyclic) bond motifs is 1. The molecule has 0 saturated carbocycles. The van der Waals surface area contributed by atoms with Gasteiger partial charge < -0.3 is 14.8 Å². The number of nitrogens with one attached hydrogen (secondary N) is 2. The fraction of sp³-hybridized carbons (Fsp3) is 0.348. The number of hydrogen-bond acceptors (Lipinski definition) is 8. The van der Waals surface area contributed by atoms with E-state index in [-0.39, 0.29) is 0 Å². The Balaban J connectivity index is 1.35. The molecule has 2 N–H and O–H groups in total. The summed E-state index contributed by atoms with van der Waals surface area (Å²) in [5.41, 5.74) is 4.27. The predicted octanol–water partition coefficient (Wildman–Crippen LogP) is 3.09. The predicted molar refractivity (Wildman–Crippen MR) is 123 cm³/mol. The largest absolute Gasteiger partial charge is 0.493 e. The molecule has 0 fully saturated rings. The van der Waals surface area contributed by atoms with Crippen molar-refractivity contribution >= 4 is 22.8 Å². The fourth-order valence-corrected chi connectivity index (χ4v) is 3.58. The molecule has 2 heterocycles. The highest BCUT2D eigenvalue weighted by Crippen LogP contribution is 2.27. The van der Waals surface area contributed by atoms with Gasteiger partial charge in [-0.15, -0.1) is 0 Å². The van der Waals surface area contributed by atoms with Crippen molar-refractivity contribution in [1.82, 2.24) is 20.2 Å². The summed E-state index contributed by atoms with van der Waals surface area (Å²) in [7, 11) is 3.30. The Bertz CT molecular complexity index is 1110. The van der Waals surface area contributed by atoms with E-state index in [0.717, 1.165) is 41.1 Å². The Kier molecular flexibility index (Phi) is 6.18. The number of benzene rings is 2. The Morgan fingerprint density at radius 3 is 2.61 bits per heavy atom. The van der Waals surface area contributed by atoms with Gasteiger partial charge in [-0.1, -0.05) is 17.7 Å². The van der Waals surface area contributed by atoms with Gasteiger partial charge in [0.25, 0.3) is 0 Å². The molecule has 3 aromatic rings. The lowest BCUT2D eigenvalue weighted by molar-refractivity contribution is 0.268. The molecule has 0 saturated heterocycles. The summed E-state index contributed by atoms with van der Waals surface area (Å²) in [5, 5.41) is 7.60. The van der Waals surface area contributed by atoms with Crippen LogP contribution in [0.3, 0.4) is 0 Å². The Morgan fingerprint density at radius 1 is 1.03 bits per heavy atom. The molecule has 0 unspecified atom stereocenters. The highest BCUT2D eigenvalue weighted by Gasteiger charge is 2.14. The van der Waals surface area contributed by atoms with Crippen LogP contribution in [0.4, 0.5) is 5.95 Å². The Morgan fingerprint density at radius 2 is 1.87 bits per heavy atom. The van der Waals surface area contributed by atoms with Crippen molar-refractivity contribution in [3.8, 4) is 11.5 Å². The third kappa shape index (κ3) is 4.86. The van der Waals surface area contributed by atoms with E-state index in [1.807, 2.05) is 25.1 Å². The zero-order valence-electron chi connectivity index (χ0n) is 18.4. The summed E-state index contributed by atoms with van der Waals surface area (Å²) in [6.07, 6.45) is 0.896. The van der Waals surface area contributed by atoms with Gasteiger partial charge in [0.1, 0.15) is 0 Å². The molecule has 2 aromatic carbocycles. The average Bonchev–Trinajstić information content (AvgIpc) is 2.79. The van der Waals surface area contributed by atoms with Crippen LogP contribution in [0.5, 0.6) is 11.5 Å². The molecule has 0 radical (unpaired) electrons. The Labute approximate surface area is 182 Å². The SMILES string of the molecule is COc1ccc(CCN2CN=C(Nc3nc(C)c4cc(C)ccc4n3)NC2)cc1OC. The van der Waals surface area contributed by atoms with Crippen molar-refractivity contribution in [2.75, 3.05) is 39.4 Å². The van der Waals surface area contributed by atoms with Crippen molar-refractivity contribution in [2.24, 2.45) is 4.99 Å². The first kappa shape index (κ1) is 20.9. The molecule has 162 valence electrons. The van der Waals surface area contributed by atoms with Crippen LogP contribution in [0.2, 0.25) is 0 Å². The molecule has 8 heteroatoms. The molecule has 0 amide bonds. The van der Waals surface area contributed by atoms with Crippen molar-refractivity contribution in [3.63, 3.8) is 0 Å². The molecule has 0 spiro atoms. The second kappa shape index (κ2) is 9.18. The van der Waals surface area contributed by atoms with Crippen LogP contribution in [0.15, 0.2) is 41.4 Å². The van der Waals surface area contributed by atoms with Crippen molar-refractivity contribution in [2.45, 2.75) is 20.3 Å². The molecule has 0 aliphatic carbocycles. The van der Waals surface area contributed by atoms with Crippen LogP contribution in [-0.2, 0) is 6.42 Å². The molecule has 8 nitrogen and oxygen atoms in total. The third-order valence-corrected chi connectivity index (χ3v) is 5.34. The molecular weight excluding hydrogens is 392 g/mol. The molecule has 1 aliphatic heterocycles. The molecule has 1 aliphatic rings. The second-order valence-electron chi connectivity index (χ2n) is 7.60. The highest BCUT2D eigenvalue weighted by atomic mass is 16.5. The maximum absolute atomic E-state index is 5.39. The van der Waals surface area contributed by atoms with Gasteiger partial charge in [0, 0.05) is 11.9 Å². The fourth-order valence-electron chi connectivity index (χ4n) is 3.58. The molecule has 31 heavy (non-hydrogen) atoms. The Hall–Kier alpha value is -3.39. The van der Waals surface area contributed by atoms with E-state index in [1.165, 1.54) is 11.1 Å². The molecule has 4 rings (SSSR count). The molecular formula is C23H28N6O2. The lowest BCUT2D eigenvalue weighted by atomic mass is 10.1. The maximum atomic E-state index is 5.39. The number of ether oxygens (including phenoxy) is 2. The summed E-state index contributed by atoms with van der Waals surface area (Å²) >= 11 is 0. The van der Waals surface area contributed by atoms with Crippen LogP contribution in [-0.4, -0.2) is 54.9 Å². The molecule has 0 bridgehead atoms. The quantitative estimate of drug-likeness (QED) is 0.634. The van der Waals surface area contributed by atoms with E-state index in [9.17, 15) is 0 Å². The van der Waals surface area contributed by atoms with Gasteiger partial charge in [-0.3, -0.25) is 10.2 Å². The van der Waals surface area contributed by atoms with E-state index in [0.29, 0.717) is 25.2 Å². The average molecular weight is 421 g/mol. The van der Waals surface area contributed by atoms with Gasteiger partial charge in [-0.05, 0) is 50.1 Å². The second-order valence-corrected chi connectivity index (χ2v) is 7.60. The van der Waals surface area contributed by atoms with Crippen molar-refractivity contribution in [1.29, 1.82) is 0 Å². The van der Waals surface area contributed by atoms with Gasteiger partial charge in [0.05, 0.1) is 38.8 Å². The molecule has 0 atom stereocenters. The van der Waals surface area contributed by atoms with Crippen LogP contribution < -0.4 is 20.1 Å². The maximum Gasteiger partial charge on any atom is 0.230 e. The van der Waals surface area contributed by atoms with Gasteiger partial charge in [-0.25, -0.2) is 15.0 Å². The summed E-state index contributed by atoms with van der Waals surface area (Å²) in [6.45, 7) is 6.26. The van der Waals surface area contributed by atoms with Crippen LogP contribution >= 0.6 is 0 Å². The summed E-state index contributed by atoms with van der Waals surface area (Å²) in [4.78, 5) is 16.0. The minimum atomic E-state index is 0.555. The number of anilines is 1. The lowest BCUT2D eigenvalue weighted by Crippen LogP contribution is -2.46. The van der Waals surface area contributed by atoms with E-state index < -0.39 is 0 Å². The van der Waals surface area contributed by atoms with Crippen LogP contribution in [0.1, 0.15) is 16.8 Å². The van der Waals surface area contributed by atoms with Gasteiger partial charge in [-0.2, -0.15) is 0 Å². The number of aryl methyl sites for hydroxylation is 2. The zero-order chi connectivity index (χ0) is 21.8. The standard InChI is InChI=1S/C23H28N6O2/c1-15-5-7-19-18(11-15)16(2)26-23(27-19)28-22-24-13-29(14-25-22)10-9-17-6-8-20(30-3)21(12-17)31-4/h5-8,11-12H,9-10,13-14H2,1-4H3,(H2,24,25,26,27,28). The molecule has 1 aromatic heterocycles. The first-order valence-corrected chi connectivity index (χ1v) is 10.3. The number of rotatable bonds is 6. The zero-order valence-corrected chi connectivity index (χ0v) is 18.4. The number of guanidine groups is 1. The van der Waals surface area contributed by atoms with Crippen molar-refractivity contribution < 1.29 is 9.47 Å². The minimum Gasteiger partial charge on any atom is -0.493 e.